The number of Topliss-reactive ketones (excluding diaryl/α,β-unsaturated/α-hetero) is 1. The quantitative estimate of drug-likeness (QED) is 0.545. The number of aromatic nitrogens is 2. The predicted molar refractivity (Wildman–Crippen MR) is 104 cm³/mol. The number of ketones is 1. The van der Waals surface area contributed by atoms with E-state index in [4.69, 9.17) is 10.7 Å². The first kappa shape index (κ1) is 14.9. The molecule has 1 aliphatic rings. The first-order valence-corrected chi connectivity index (χ1v) is 8.69. The Bertz CT molecular complexity index is 1170. The molecule has 2 N–H and O–H groups in total. The topological polar surface area (TPSA) is 60.9 Å². The Morgan fingerprint density at radius 3 is 2.46 bits per heavy atom. The summed E-state index contributed by atoms with van der Waals surface area (Å²) < 4.78 is 2.17. The van der Waals surface area contributed by atoms with Crippen LogP contribution in [0.25, 0.3) is 33.5 Å². The minimum absolute atomic E-state index is 0.197. The number of nitrogens with zero attached hydrogens (tertiary/aromatic N) is 2. The van der Waals surface area contributed by atoms with Crippen LogP contribution in [0.3, 0.4) is 0 Å². The zero-order valence-electron chi connectivity index (χ0n) is 14.1. The molecular weight excluding hydrogens is 322 g/mol. The molecule has 5 rings (SSSR count). The molecule has 0 radical (unpaired) electrons. The third kappa shape index (κ3) is 2.23. The van der Waals surface area contributed by atoms with Gasteiger partial charge in [-0.1, -0.05) is 36.4 Å². The molecule has 1 aliphatic heterocycles. The van der Waals surface area contributed by atoms with Crippen LogP contribution in [0.15, 0.2) is 66.7 Å². The number of benzene rings is 3. The number of nitrogen functional groups attached to an aromatic ring is 1. The fourth-order valence-corrected chi connectivity index (χ4v) is 3.75. The smallest absolute Gasteiger partial charge is 0.166 e. The Morgan fingerprint density at radius 2 is 1.62 bits per heavy atom. The van der Waals surface area contributed by atoms with Gasteiger partial charge >= 0.3 is 0 Å². The summed E-state index contributed by atoms with van der Waals surface area (Å²) in [7, 11) is 0. The first-order valence-electron chi connectivity index (χ1n) is 8.69. The van der Waals surface area contributed by atoms with Crippen molar-refractivity contribution in [2.24, 2.45) is 0 Å². The number of para-hydroxylation sites is 1. The summed E-state index contributed by atoms with van der Waals surface area (Å²) in [5.74, 6) is 1.11. The van der Waals surface area contributed by atoms with E-state index in [1.165, 1.54) is 0 Å². The second-order valence-corrected chi connectivity index (χ2v) is 6.64. The third-order valence-electron chi connectivity index (χ3n) is 4.97. The van der Waals surface area contributed by atoms with Gasteiger partial charge in [-0.2, -0.15) is 0 Å². The summed E-state index contributed by atoms with van der Waals surface area (Å²) in [6.45, 7) is 0.671. The fraction of sp³-hybridized carbons (Fsp3) is 0.0909. The number of rotatable bonds is 2. The second-order valence-electron chi connectivity index (χ2n) is 6.64. The molecule has 0 aliphatic carbocycles. The molecule has 3 aromatic carbocycles. The van der Waals surface area contributed by atoms with Crippen LogP contribution < -0.4 is 5.73 Å². The van der Waals surface area contributed by atoms with Crippen molar-refractivity contribution in [1.82, 2.24) is 9.55 Å². The number of nitrogens with two attached hydrogens (primary N) is 1. The molecule has 0 saturated heterocycles. The highest BCUT2D eigenvalue weighted by Gasteiger charge is 2.23. The van der Waals surface area contributed by atoms with Gasteiger partial charge in [-0.25, -0.2) is 4.98 Å². The van der Waals surface area contributed by atoms with Gasteiger partial charge in [0.1, 0.15) is 5.82 Å². The van der Waals surface area contributed by atoms with E-state index in [1.807, 2.05) is 42.5 Å². The second kappa shape index (κ2) is 5.56. The van der Waals surface area contributed by atoms with E-state index in [2.05, 4.69) is 28.8 Å². The molecule has 1 aromatic heterocycles. The average molecular weight is 339 g/mol. The maximum Gasteiger partial charge on any atom is 0.166 e. The van der Waals surface area contributed by atoms with E-state index in [0.29, 0.717) is 13.0 Å². The van der Waals surface area contributed by atoms with Gasteiger partial charge in [-0.3, -0.25) is 4.79 Å². The molecule has 0 unspecified atom stereocenters. The molecule has 0 atom stereocenters. The van der Waals surface area contributed by atoms with Crippen molar-refractivity contribution >= 4 is 22.5 Å². The Kier molecular flexibility index (Phi) is 3.19. The van der Waals surface area contributed by atoms with Crippen LogP contribution in [-0.2, 0) is 6.54 Å². The van der Waals surface area contributed by atoms with E-state index in [9.17, 15) is 4.79 Å². The van der Waals surface area contributed by atoms with E-state index in [0.717, 1.165) is 44.8 Å². The predicted octanol–water partition coefficient (Wildman–Crippen LogP) is 4.54. The molecule has 26 heavy (non-hydrogen) atoms. The number of carbonyl (C=O) groups excluding carboxylic acids is 1. The Balaban J connectivity index is 1.70. The van der Waals surface area contributed by atoms with Crippen molar-refractivity contribution in [1.29, 1.82) is 0 Å². The van der Waals surface area contributed by atoms with Crippen LogP contribution in [0.2, 0.25) is 0 Å². The molecule has 4 aromatic rings. The molecule has 0 fully saturated rings. The molecule has 0 amide bonds. The summed E-state index contributed by atoms with van der Waals surface area (Å²) in [4.78, 5) is 17.1. The number of carbonyl (C=O) groups is 1. The van der Waals surface area contributed by atoms with Crippen molar-refractivity contribution in [3.05, 3.63) is 72.3 Å². The zero-order valence-corrected chi connectivity index (χ0v) is 14.1. The zero-order chi connectivity index (χ0) is 17.7. The number of anilines is 1. The standard InChI is InChI=1S/C22H17N3O/c23-17-7-2-5-15(13-17)14-4-1-6-16(12-14)22-24-19-9-3-8-18-20(26)10-11-25(22)21(18)19/h1-9,12-13H,10-11,23H2. The van der Waals surface area contributed by atoms with Crippen molar-refractivity contribution in [3.8, 4) is 22.5 Å². The summed E-state index contributed by atoms with van der Waals surface area (Å²) in [6.07, 6.45) is 0.518. The Hall–Kier alpha value is -3.40. The highest BCUT2D eigenvalue weighted by atomic mass is 16.1. The number of hydrogen-bond donors (Lipinski definition) is 1. The van der Waals surface area contributed by atoms with Crippen LogP contribution in [0.4, 0.5) is 5.69 Å². The highest BCUT2D eigenvalue weighted by Crippen LogP contribution is 2.33. The number of aryl methyl sites for hydroxylation is 1. The van der Waals surface area contributed by atoms with Crippen molar-refractivity contribution in [2.75, 3.05) is 5.73 Å². The molecule has 0 spiro atoms. The van der Waals surface area contributed by atoms with Crippen LogP contribution >= 0.6 is 0 Å². The summed E-state index contributed by atoms with van der Waals surface area (Å²) in [5.41, 5.74) is 12.5. The van der Waals surface area contributed by atoms with Crippen molar-refractivity contribution in [3.63, 3.8) is 0 Å². The van der Waals surface area contributed by atoms with Gasteiger partial charge < -0.3 is 10.3 Å². The van der Waals surface area contributed by atoms with E-state index in [-0.39, 0.29) is 5.78 Å². The lowest BCUT2D eigenvalue weighted by Crippen LogP contribution is -2.14. The van der Waals surface area contributed by atoms with Crippen LogP contribution in [0.5, 0.6) is 0 Å². The number of hydrogen-bond acceptors (Lipinski definition) is 3. The highest BCUT2D eigenvalue weighted by molar-refractivity contribution is 6.08. The van der Waals surface area contributed by atoms with Gasteiger partial charge in [0.2, 0.25) is 0 Å². The molecular formula is C22H17N3O. The lowest BCUT2D eigenvalue weighted by atomic mass is 10.0. The maximum atomic E-state index is 12.2. The molecule has 0 saturated carbocycles. The normalized spacial score (nSPS) is 13.3. The maximum absolute atomic E-state index is 12.2. The van der Waals surface area contributed by atoms with Crippen molar-refractivity contribution < 1.29 is 4.79 Å². The van der Waals surface area contributed by atoms with Gasteiger partial charge in [-0.15, -0.1) is 0 Å². The van der Waals surface area contributed by atoms with E-state index in [1.54, 1.807) is 0 Å². The third-order valence-corrected chi connectivity index (χ3v) is 4.97. The first-order chi connectivity index (χ1) is 12.7. The Labute approximate surface area is 150 Å². The minimum Gasteiger partial charge on any atom is -0.399 e. The Morgan fingerprint density at radius 1 is 0.885 bits per heavy atom. The lowest BCUT2D eigenvalue weighted by Gasteiger charge is -2.16. The van der Waals surface area contributed by atoms with Crippen LogP contribution in [-0.4, -0.2) is 15.3 Å². The van der Waals surface area contributed by atoms with Gasteiger partial charge in [0, 0.05) is 29.8 Å². The SMILES string of the molecule is Nc1cccc(-c2cccc(-c3nc4cccc5c4n3CCC5=O)c2)c1. The monoisotopic (exact) mass is 339 g/mol. The summed E-state index contributed by atoms with van der Waals surface area (Å²) in [5, 5.41) is 0. The molecule has 4 nitrogen and oxygen atoms in total. The van der Waals surface area contributed by atoms with Gasteiger partial charge in [0.15, 0.2) is 5.78 Å². The molecule has 0 bridgehead atoms. The van der Waals surface area contributed by atoms with Crippen LogP contribution in [0.1, 0.15) is 16.8 Å². The van der Waals surface area contributed by atoms with Gasteiger partial charge in [-0.05, 0) is 41.5 Å². The van der Waals surface area contributed by atoms with Crippen LogP contribution in [0, 0.1) is 0 Å². The van der Waals surface area contributed by atoms with Crippen molar-refractivity contribution in [2.45, 2.75) is 13.0 Å². The molecule has 2 heterocycles. The van der Waals surface area contributed by atoms with Gasteiger partial charge in [0.05, 0.1) is 11.0 Å². The number of imidazole rings is 1. The largest absolute Gasteiger partial charge is 0.399 e. The van der Waals surface area contributed by atoms with E-state index < -0.39 is 0 Å². The van der Waals surface area contributed by atoms with E-state index >= 15 is 0 Å². The minimum atomic E-state index is 0.197. The van der Waals surface area contributed by atoms with Gasteiger partial charge in [0.25, 0.3) is 0 Å². The molecule has 126 valence electrons. The summed E-state index contributed by atoms with van der Waals surface area (Å²) >= 11 is 0. The fourth-order valence-electron chi connectivity index (χ4n) is 3.75. The lowest BCUT2D eigenvalue weighted by molar-refractivity contribution is 0.0973. The molecule has 4 heteroatoms. The average Bonchev–Trinajstić information content (AvgIpc) is 3.05. The summed E-state index contributed by atoms with van der Waals surface area (Å²) in [6, 6.07) is 22.0.